The van der Waals surface area contributed by atoms with Crippen LogP contribution in [0.1, 0.15) is 15.9 Å². The van der Waals surface area contributed by atoms with Gasteiger partial charge in [-0.25, -0.2) is 0 Å². The molecule has 0 saturated carbocycles. The molecule has 0 saturated heterocycles. The van der Waals surface area contributed by atoms with Gasteiger partial charge >= 0.3 is 0 Å². The Bertz CT molecular complexity index is 1140. The third-order valence-electron chi connectivity index (χ3n) is 5.03. The fourth-order valence-electron chi connectivity index (χ4n) is 3.43. The Morgan fingerprint density at radius 2 is 1.19 bits per heavy atom. The Hall–Kier alpha value is -3.68. The lowest BCUT2D eigenvalue weighted by Crippen LogP contribution is -2.19. The summed E-state index contributed by atoms with van der Waals surface area (Å²) in [5.74, 6) is 0.665. The number of carbonyl (C=O) groups is 1. The van der Waals surface area contributed by atoms with E-state index in [9.17, 15) is 4.79 Å². The van der Waals surface area contributed by atoms with Crippen molar-refractivity contribution in [3.8, 4) is 5.75 Å². The molecule has 0 atom stereocenters. The molecule has 4 aromatic carbocycles. The molecule has 32 heavy (non-hydrogen) atoms. The second-order valence-electron chi connectivity index (χ2n) is 7.10. The summed E-state index contributed by atoms with van der Waals surface area (Å²) in [7, 11) is 0.761. The molecule has 0 aromatic heterocycles. The molecule has 4 rings (SSSR count). The molecule has 4 heteroatoms. The first-order chi connectivity index (χ1) is 15.8. The zero-order valence-electron chi connectivity index (χ0n) is 17.8. The highest BCUT2D eigenvalue weighted by Crippen LogP contribution is 2.48. The fourth-order valence-corrected chi connectivity index (χ4v) is 5.82. The van der Waals surface area contributed by atoms with Crippen molar-refractivity contribution < 1.29 is 9.53 Å². The molecule has 0 fully saturated rings. The molecule has 0 aliphatic rings. The summed E-state index contributed by atoms with van der Waals surface area (Å²) >= 11 is 0. The summed E-state index contributed by atoms with van der Waals surface area (Å²) in [6, 6.07) is 38.1. The number of hydrogen-bond donors (Lipinski definition) is 1. The molecular weight excluding hydrogens is 413 g/mol. The maximum absolute atomic E-state index is 12.8. The number of rotatable bonds is 7. The molecule has 0 aliphatic carbocycles. The maximum Gasteiger partial charge on any atom is 0.255 e. The van der Waals surface area contributed by atoms with Gasteiger partial charge in [0.15, 0.2) is 0 Å². The van der Waals surface area contributed by atoms with Crippen LogP contribution < -0.4 is 20.7 Å². The minimum Gasteiger partial charge on any atom is -0.497 e. The van der Waals surface area contributed by atoms with Crippen molar-refractivity contribution in [2.75, 3.05) is 7.11 Å². The molecule has 4 aromatic rings. The van der Waals surface area contributed by atoms with Gasteiger partial charge in [0.25, 0.3) is 5.91 Å². The van der Waals surface area contributed by atoms with Gasteiger partial charge in [-0.15, -0.1) is 0 Å². The van der Waals surface area contributed by atoms with E-state index < -0.39 is 7.92 Å². The molecule has 3 nitrogen and oxygen atoms in total. The highest BCUT2D eigenvalue weighted by atomic mass is 31.1. The minimum absolute atomic E-state index is 0.132. The van der Waals surface area contributed by atoms with Gasteiger partial charge in [0.2, 0.25) is 0 Å². The van der Waals surface area contributed by atoms with Crippen LogP contribution in [0, 0.1) is 0 Å². The first-order valence-electron chi connectivity index (χ1n) is 10.4. The van der Waals surface area contributed by atoms with E-state index in [1.807, 2.05) is 72.9 Å². The Labute approximate surface area is 190 Å². The Morgan fingerprint density at radius 1 is 0.688 bits per heavy atom. The summed E-state index contributed by atoms with van der Waals surface area (Å²) in [5, 5.41) is 6.52. The van der Waals surface area contributed by atoms with E-state index in [1.54, 1.807) is 7.11 Å². The lowest BCUT2D eigenvalue weighted by atomic mass is 10.2. The van der Waals surface area contributed by atoms with Crippen LogP contribution in [-0.4, -0.2) is 13.0 Å². The highest BCUT2D eigenvalue weighted by Gasteiger charge is 2.21. The smallest absolute Gasteiger partial charge is 0.255 e. The monoisotopic (exact) mass is 437 g/mol. The topological polar surface area (TPSA) is 38.3 Å². The second-order valence-corrected chi connectivity index (χ2v) is 9.29. The maximum atomic E-state index is 12.8. The van der Waals surface area contributed by atoms with Gasteiger partial charge in [-0.2, -0.15) is 0 Å². The van der Waals surface area contributed by atoms with Gasteiger partial charge in [0, 0.05) is 17.1 Å². The quantitative estimate of drug-likeness (QED) is 0.385. The number of benzene rings is 4. The Morgan fingerprint density at radius 3 is 1.69 bits per heavy atom. The standard InChI is InChI=1S/C28H24NO2P/c1-31-24-19-17-22(18-20-24)27(21-29-28(30)23-11-5-2-6-12-23)32(25-13-7-3-8-14-25)26-15-9-4-10-16-26/h2-21H,1H3,(H,29,30). The fraction of sp³-hybridized carbons (Fsp3) is 0.0357. The SMILES string of the molecule is COc1ccc(C(=CNC(=O)c2ccccc2)P(c2ccccc2)c2ccccc2)cc1. The van der Waals surface area contributed by atoms with Crippen molar-refractivity contribution in [2.24, 2.45) is 0 Å². The van der Waals surface area contributed by atoms with Gasteiger partial charge in [-0.1, -0.05) is 91.0 Å². The normalized spacial score (nSPS) is 11.2. The molecule has 0 aliphatic heterocycles. The number of methoxy groups -OCH3 is 1. The molecule has 0 heterocycles. The third kappa shape index (κ3) is 5.14. The van der Waals surface area contributed by atoms with Crippen LogP contribution in [0.5, 0.6) is 5.75 Å². The van der Waals surface area contributed by atoms with Crippen LogP contribution in [0.25, 0.3) is 5.31 Å². The zero-order valence-corrected chi connectivity index (χ0v) is 18.7. The summed E-state index contributed by atoms with van der Waals surface area (Å²) in [6.07, 6.45) is 1.86. The predicted molar refractivity (Wildman–Crippen MR) is 134 cm³/mol. The molecule has 1 N–H and O–H groups in total. The van der Waals surface area contributed by atoms with E-state index in [2.05, 4.69) is 53.8 Å². The summed E-state index contributed by atoms with van der Waals surface area (Å²) < 4.78 is 5.35. The van der Waals surface area contributed by atoms with Crippen LogP contribution in [0.2, 0.25) is 0 Å². The number of nitrogens with one attached hydrogen (secondary N) is 1. The zero-order chi connectivity index (χ0) is 22.2. The molecular formula is C28H24NO2P. The van der Waals surface area contributed by atoms with E-state index >= 15 is 0 Å². The lowest BCUT2D eigenvalue weighted by Gasteiger charge is -2.23. The average Bonchev–Trinajstić information content (AvgIpc) is 2.88. The molecule has 158 valence electrons. The Kier molecular flexibility index (Phi) is 7.12. The van der Waals surface area contributed by atoms with Crippen molar-refractivity contribution in [3.05, 3.63) is 133 Å². The average molecular weight is 437 g/mol. The highest BCUT2D eigenvalue weighted by molar-refractivity contribution is 7.82. The van der Waals surface area contributed by atoms with Crippen LogP contribution >= 0.6 is 7.92 Å². The number of carbonyl (C=O) groups excluding carboxylic acids is 1. The molecule has 0 radical (unpaired) electrons. The third-order valence-corrected chi connectivity index (χ3v) is 7.53. The number of hydrogen-bond acceptors (Lipinski definition) is 2. The van der Waals surface area contributed by atoms with Crippen LogP contribution in [0.3, 0.4) is 0 Å². The summed E-state index contributed by atoms with van der Waals surface area (Å²) in [6.45, 7) is 0. The van der Waals surface area contributed by atoms with E-state index in [0.717, 1.165) is 16.6 Å². The molecule has 0 bridgehead atoms. The largest absolute Gasteiger partial charge is 0.497 e. The summed E-state index contributed by atoms with van der Waals surface area (Å²) in [4.78, 5) is 12.8. The lowest BCUT2D eigenvalue weighted by molar-refractivity contribution is 0.0970. The van der Waals surface area contributed by atoms with Crippen molar-refractivity contribution in [1.82, 2.24) is 5.32 Å². The van der Waals surface area contributed by atoms with Crippen LogP contribution in [0.15, 0.2) is 121 Å². The predicted octanol–water partition coefficient (Wildman–Crippen LogP) is 5.56. The van der Waals surface area contributed by atoms with Gasteiger partial charge in [0.05, 0.1) is 7.11 Å². The van der Waals surface area contributed by atoms with Gasteiger partial charge in [-0.3, -0.25) is 4.79 Å². The first kappa shape index (κ1) is 21.5. The van der Waals surface area contributed by atoms with Gasteiger partial charge in [0.1, 0.15) is 5.75 Å². The van der Waals surface area contributed by atoms with E-state index in [-0.39, 0.29) is 5.91 Å². The first-order valence-corrected chi connectivity index (χ1v) is 11.7. The summed E-state index contributed by atoms with van der Waals surface area (Å²) in [5.41, 5.74) is 1.67. The van der Waals surface area contributed by atoms with Crippen molar-refractivity contribution >= 4 is 29.8 Å². The van der Waals surface area contributed by atoms with Crippen molar-refractivity contribution in [2.45, 2.75) is 0 Å². The van der Waals surface area contributed by atoms with E-state index in [4.69, 9.17) is 4.74 Å². The van der Waals surface area contributed by atoms with Gasteiger partial charge < -0.3 is 10.1 Å². The van der Waals surface area contributed by atoms with E-state index in [1.165, 1.54) is 10.6 Å². The van der Waals surface area contributed by atoms with Crippen LogP contribution in [-0.2, 0) is 0 Å². The van der Waals surface area contributed by atoms with E-state index in [0.29, 0.717) is 5.56 Å². The number of ether oxygens (including phenoxy) is 1. The van der Waals surface area contributed by atoms with Gasteiger partial charge in [-0.05, 0) is 48.4 Å². The minimum atomic E-state index is -0.898. The van der Waals surface area contributed by atoms with Crippen LogP contribution in [0.4, 0.5) is 0 Å². The molecule has 0 spiro atoms. The Balaban J connectivity index is 1.81. The molecule has 0 unspecified atom stereocenters. The van der Waals surface area contributed by atoms with Crippen molar-refractivity contribution in [1.29, 1.82) is 0 Å². The van der Waals surface area contributed by atoms with Crippen molar-refractivity contribution in [3.63, 3.8) is 0 Å². The number of amides is 1. The molecule has 1 amide bonds. The second kappa shape index (κ2) is 10.6.